The zero-order valence-corrected chi connectivity index (χ0v) is 8.05. The number of hydrogen-bond donors (Lipinski definition) is 1. The second-order valence-electron chi connectivity index (χ2n) is 3.37. The van der Waals surface area contributed by atoms with Gasteiger partial charge in [-0.2, -0.15) is 0 Å². The van der Waals surface area contributed by atoms with Crippen molar-refractivity contribution in [2.75, 3.05) is 26.2 Å². The number of hydrogen-bond acceptors (Lipinski definition) is 2. The average molecular weight is 168 g/mol. The van der Waals surface area contributed by atoms with Gasteiger partial charge in [-0.3, -0.25) is 0 Å². The van der Waals surface area contributed by atoms with E-state index in [1.54, 1.807) is 5.57 Å². The van der Waals surface area contributed by atoms with Gasteiger partial charge in [0.05, 0.1) is 0 Å². The lowest BCUT2D eigenvalue weighted by Crippen LogP contribution is -2.30. The van der Waals surface area contributed by atoms with Crippen LogP contribution in [0.3, 0.4) is 0 Å². The Kier molecular flexibility index (Phi) is 4.33. The maximum absolute atomic E-state index is 5.44. The standard InChI is InChI=1S/C10H20N2/c1-2-12-8-5-10(6-9-12)4-3-7-11/h4H,2-3,5-9,11H2,1H3. The van der Waals surface area contributed by atoms with Crippen LogP contribution in [0.25, 0.3) is 0 Å². The summed E-state index contributed by atoms with van der Waals surface area (Å²) in [6, 6.07) is 0. The van der Waals surface area contributed by atoms with Crippen LogP contribution in [-0.2, 0) is 0 Å². The predicted molar refractivity (Wildman–Crippen MR) is 53.1 cm³/mol. The Hall–Kier alpha value is -0.340. The van der Waals surface area contributed by atoms with Crippen molar-refractivity contribution in [1.29, 1.82) is 0 Å². The minimum Gasteiger partial charge on any atom is -0.330 e. The first-order valence-corrected chi connectivity index (χ1v) is 4.97. The van der Waals surface area contributed by atoms with Gasteiger partial charge in [-0.25, -0.2) is 0 Å². The molecule has 0 saturated carbocycles. The summed E-state index contributed by atoms with van der Waals surface area (Å²) in [6.07, 6.45) is 5.90. The average Bonchev–Trinajstić information content (AvgIpc) is 2.15. The highest BCUT2D eigenvalue weighted by molar-refractivity contribution is 5.05. The molecule has 0 unspecified atom stereocenters. The molecule has 0 aromatic carbocycles. The number of piperidine rings is 1. The van der Waals surface area contributed by atoms with Crippen LogP contribution >= 0.6 is 0 Å². The van der Waals surface area contributed by atoms with Crippen molar-refractivity contribution < 1.29 is 0 Å². The molecule has 0 radical (unpaired) electrons. The molecule has 1 aliphatic heterocycles. The highest BCUT2D eigenvalue weighted by atomic mass is 15.1. The van der Waals surface area contributed by atoms with Gasteiger partial charge in [0.25, 0.3) is 0 Å². The third-order valence-corrected chi connectivity index (χ3v) is 2.55. The van der Waals surface area contributed by atoms with Crippen LogP contribution in [0.5, 0.6) is 0 Å². The van der Waals surface area contributed by atoms with E-state index in [1.165, 1.54) is 32.5 Å². The summed E-state index contributed by atoms with van der Waals surface area (Å²) in [5.41, 5.74) is 7.06. The van der Waals surface area contributed by atoms with Crippen molar-refractivity contribution in [3.63, 3.8) is 0 Å². The Balaban J connectivity index is 2.25. The lowest BCUT2D eigenvalue weighted by Gasteiger charge is -2.26. The molecule has 2 N–H and O–H groups in total. The molecule has 12 heavy (non-hydrogen) atoms. The summed E-state index contributed by atoms with van der Waals surface area (Å²) in [5, 5.41) is 0. The van der Waals surface area contributed by atoms with Gasteiger partial charge in [-0.05, 0) is 32.4 Å². The topological polar surface area (TPSA) is 29.3 Å². The molecule has 0 aromatic rings. The quantitative estimate of drug-likeness (QED) is 0.645. The molecule has 1 rings (SSSR count). The summed E-state index contributed by atoms with van der Waals surface area (Å²) < 4.78 is 0. The van der Waals surface area contributed by atoms with Gasteiger partial charge < -0.3 is 10.6 Å². The Morgan fingerprint density at radius 1 is 1.42 bits per heavy atom. The normalized spacial score (nSPS) is 19.7. The molecule has 0 atom stereocenters. The molecule has 0 aromatic heterocycles. The van der Waals surface area contributed by atoms with E-state index < -0.39 is 0 Å². The minimum absolute atomic E-state index is 0.793. The molecule has 2 heteroatoms. The largest absolute Gasteiger partial charge is 0.330 e. The van der Waals surface area contributed by atoms with Crippen molar-refractivity contribution in [3.05, 3.63) is 11.6 Å². The highest BCUT2D eigenvalue weighted by Gasteiger charge is 2.10. The van der Waals surface area contributed by atoms with Gasteiger partial charge in [-0.1, -0.05) is 18.6 Å². The van der Waals surface area contributed by atoms with Crippen LogP contribution in [0, 0.1) is 0 Å². The number of nitrogens with zero attached hydrogens (tertiary/aromatic N) is 1. The van der Waals surface area contributed by atoms with E-state index in [9.17, 15) is 0 Å². The van der Waals surface area contributed by atoms with Crippen molar-refractivity contribution >= 4 is 0 Å². The fourth-order valence-corrected chi connectivity index (χ4v) is 1.65. The van der Waals surface area contributed by atoms with E-state index in [2.05, 4.69) is 17.9 Å². The minimum atomic E-state index is 0.793. The maximum atomic E-state index is 5.44. The Bertz CT molecular complexity index is 142. The van der Waals surface area contributed by atoms with Gasteiger partial charge in [0.1, 0.15) is 0 Å². The van der Waals surface area contributed by atoms with Gasteiger partial charge >= 0.3 is 0 Å². The van der Waals surface area contributed by atoms with E-state index in [4.69, 9.17) is 5.73 Å². The smallest absolute Gasteiger partial charge is 0.00186 e. The molecular weight excluding hydrogens is 148 g/mol. The summed E-state index contributed by atoms with van der Waals surface area (Å²) >= 11 is 0. The number of likely N-dealkylation sites (tertiary alicyclic amines) is 1. The van der Waals surface area contributed by atoms with Gasteiger partial charge in [0.2, 0.25) is 0 Å². The maximum Gasteiger partial charge on any atom is 0.00186 e. The lowest BCUT2D eigenvalue weighted by molar-refractivity contribution is 0.269. The Labute approximate surface area is 75.4 Å². The fourth-order valence-electron chi connectivity index (χ4n) is 1.65. The first-order chi connectivity index (χ1) is 5.86. The van der Waals surface area contributed by atoms with Crippen LogP contribution in [0.4, 0.5) is 0 Å². The molecule has 1 aliphatic rings. The zero-order chi connectivity index (χ0) is 8.81. The van der Waals surface area contributed by atoms with Crippen LogP contribution in [0.15, 0.2) is 11.6 Å². The molecule has 0 aliphatic carbocycles. The molecular formula is C10H20N2. The molecule has 70 valence electrons. The molecule has 2 nitrogen and oxygen atoms in total. The number of nitrogens with two attached hydrogens (primary N) is 1. The summed E-state index contributed by atoms with van der Waals surface area (Å²) in [6.45, 7) is 6.71. The summed E-state index contributed by atoms with van der Waals surface area (Å²) in [4.78, 5) is 2.50. The third-order valence-electron chi connectivity index (χ3n) is 2.55. The van der Waals surface area contributed by atoms with E-state index >= 15 is 0 Å². The van der Waals surface area contributed by atoms with Crippen molar-refractivity contribution in [2.24, 2.45) is 5.73 Å². The van der Waals surface area contributed by atoms with Crippen LogP contribution in [0.1, 0.15) is 26.2 Å². The van der Waals surface area contributed by atoms with Crippen molar-refractivity contribution in [1.82, 2.24) is 4.90 Å². The van der Waals surface area contributed by atoms with Gasteiger partial charge in [-0.15, -0.1) is 0 Å². The molecule has 0 amide bonds. The van der Waals surface area contributed by atoms with Crippen LogP contribution in [-0.4, -0.2) is 31.1 Å². The molecule has 0 spiro atoms. The first kappa shape index (κ1) is 9.75. The van der Waals surface area contributed by atoms with Gasteiger partial charge in [0.15, 0.2) is 0 Å². The second-order valence-corrected chi connectivity index (χ2v) is 3.37. The Morgan fingerprint density at radius 3 is 2.58 bits per heavy atom. The molecule has 1 saturated heterocycles. The predicted octanol–water partition coefficient (Wildman–Crippen LogP) is 1.38. The van der Waals surface area contributed by atoms with Crippen LogP contribution in [0.2, 0.25) is 0 Å². The molecule has 1 heterocycles. The van der Waals surface area contributed by atoms with Crippen LogP contribution < -0.4 is 5.73 Å². The van der Waals surface area contributed by atoms with Crippen molar-refractivity contribution in [3.8, 4) is 0 Å². The summed E-state index contributed by atoms with van der Waals surface area (Å²) in [7, 11) is 0. The molecule has 1 fully saturated rings. The lowest BCUT2D eigenvalue weighted by atomic mass is 10.0. The Morgan fingerprint density at radius 2 is 2.08 bits per heavy atom. The van der Waals surface area contributed by atoms with E-state index in [1.807, 2.05) is 0 Å². The second kappa shape index (κ2) is 5.33. The molecule has 0 bridgehead atoms. The first-order valence-electron chi connectivity index (χ1n) is 4.97. The highest BCUT2D eigenvalue weighted by Crippen LogP contribution is 2.15. The summed E-state index contributed by atoms with van der Waals surface area (Å²) in [5.74, 6) is 0. The SMILES string of the molecule is CCN1CCC(=CCCN)CC1. The van der Waals surface area contributed by atoms with Gasteiger partial charge in [0, 0.05) is 13.1 Å². The zero-order valence-electron chi connectivity index (χ0n) is 8.05. The van der Waals surface area contributed by atoms with E-state index in [0.29, 0.717) is 0 Å². The fraction of sp³-hybridized carbons (Fsp3) is 0.800. The third kappa shape index (κ3) is 2.95. The van der Waals surface area contributed by atoms with E-state index in [-0.39, 0.29) is 0 Å². The monoisotopic (exact) mass is 168 g/mol. The van der Waals surface area contributed by atoms with E-state index in [0.717, 1.165) is 13.0 Å². The number of rotatable bonds is 3. The van der Waals surface area contributed by atoms with Crippen molar-refractivity contribution in [2.45, 2.75) is 26.2 Å².